The van der Waals surface area contributed by atoms with E-state index in [-0.39, 0.29) is 0 Å². The van der Waals surface area contributed by atoms with Crippen LogP contribution < -0.4 is 16.2 Å². The van der Waals surface area contributed by atoms with Gasteiger partial charge in [0.1, 0.15) is 0 Å². The average molecular weight is 298 g/mol. The van der Waals surface area contributed by atoms with E-state index in [0.29, 0.717) is 22.1 Å². The molecule has 1 fully saturated rings. The molecule has 1 aromatic rings. The summed E-state index contributed by atoms with van der Waals surface area (Å²) in [6.07, 6.45) is 5.08. The van der Waals surface area contributed by atoms with Gasteiger partial charge in [0.25, 0.3) is 0 Å². The number of anilines is 1. The first-order valence-corrected chi connectivity index (χ1v) is 7.52. The van der Waals surface area contributed by atoms with Crippen molar-refractivity contribution >= 4 is 34.6 Å². The summed E-state index contributed by atoms with van der Waals surface area (Å²) in [7, 11) is 0. The van der Waals surface area contributed by atoms with Crippen LogP contribution >= 0.6 is 23.8 Å². The Balaban J connectivity index is 1.80. The molecule has 2 atom stereocenters. The van der Waals surface area contributed by atoms with Crippen LogP contribution in [0, 0.1) is 5.92 Å². The molecule has 2 rings (SSSR count). The first-order chi connectivity index (χ1) is 9.16. The molecule has 0 aliphatic heterocycles. The van der Waals surface area contributed by atoms with E-state index >= 15 is 0 Å². The van der Waals surface area contributed by atoms with E-state index in [2.05, 4.69) is 23.1 Å². The predicted molar refractivity (Wildman–Crippen MR) is 85.4 cm³/mol. The molecule has 0 spiro atoms. The standard InChI is InChI=1S/C14H20ClN3S/c1-10-6-2-4-8-12(10)16-14(19)18-17-13-9-5-3-7-11(13)15/h3,5,7,9-10,12,17H,2,4,6,8H2,1H3,(H2,16,18,19)/t10-,12+/m0/s1. The second kappa shape index (κ2) is 6.96. The predicted octanol–water partition coefficient (Wildman–Crippen LogP) is 3.71. The summed E-state index contributed by atoms with van der Waals surface area (Å²) in [5, 5.41) is 4.67. The van der Waals surface area contributed by atoms with Gasteiger partial charge in [0.15, 0.2) is 5.11 Å². The zero-order valence-electron chi connectivity index (χ0n) is 11.1. The molecule has 0 saturated heterocycles. The van der Waals surface area contributed by atoms with Crippen molar-refractivity contribution in [2.24, 2.45) is 5.92 Å². The molecule has 0 aromatic heterocycles. The van der Waals surface area contributed by atoms with Crippen molar-refractivity contribution in [2.75, 3.05) is 5.43 Å². The van der Waals surface area contributed by atoms with Crippen LogP contribution in [0.2, 0.25) is 5.02 Å². The van der Waals surface area contributed by atoms with E-state index < -0.39 is 0 Å². The van der Waals surface area contributed by atoms with Crippen LogP contribution in [0.25, 0.3) is 0 Å². The molecule has 0 unspecified atom stereocenters. The third kappa shape index (κ3) is 4.25. The van der Waals surface area contributed by atoms with E-state index in [4.69, 9.17) is 23.8 Å². The maximum Gasteiger partial charge on any atom is 0.185 e. The van der Waals surface area contributed by atoms with Gasteiger partial charge in [-0.15, -0.1) is 0 Å². The van der Waals surface area contributed by atoms with E-state index in [1.807, 2.05) is 24.3 Å². The Labute approximate surface area is 125 Å². The topological polar surface area (TPSA) is 36.1 Å². The van der Waals surface area contributed by atoms with Crippen molar-refractivity contribution in [3.05, 3.63) is 29.3 Å². The van der Waals surface area contributed by atoms with Crippen molar-refractivity contribution < 1.29 is 0 Å². The summed E-state index contributed by atoms with van der Waals surface area (Å²) < 4.78 is 0. The fourth-order valence-corrected chi connectivity index (χ4v) is 2.81. The Hall–Kier alpha value is -1.00. The molecule has 0 amide bonds. The first-order valence-electron chi connectivity index (χ1n) is 6.74. The summed E-state index contributed by atoms with van der Waals surface area (Å²) in [5.74, 6) is 0.675. The Morgan fingerprint density at radius 1 is 1.26 bits per heavy atom. The van der Waals surface area contributed by atoms with E-state index in [1.54, 1.807) is 0 Å². The summed E-state index contributed by atoms with van der Waals surface area (Å²) >= 11 is 11.4. The zero-order chi connectivity index (χ0) is 13.7. The Kier molecular flexibility index (Phi) is 5.28. The molecule has 3 N–H and O–H groups in total. The maximum absolute atomic E-state index is 6.06. The van der Waals surface area contributed by atoms with Gasteiger partial charge in [-0.2, -0.15) is 0 Å². The summed E-state index contributed by atoms with van der Waals surface area (Å²) in [4.78, 5) is 0. The lowest BCUT2D eigenvalue weighted by Crippen LogP contribution is -2.47. The Morgan fingerprint density at radius 2 is 2.00 bits per heavy atom. The van der Waals surface area contributed by atoms with Crippen molar-refractivity contribution in [3.8, 4) is 0 Å². The van der Waals surface area contributed by atoms with E-state index in [9.17, 15) is 0 Å². The molecular formula is C14H20ClN3S. The van der Waals surface area contributed by atoms with Crippen LogP contribution in [0.4, 0.5) is 5.69 Å². The van der Waals surface area contributed by atoms with E-state index in [1.165, 1.54) is 25.7 Å². The largest absolute Gasteiger partial charge is 0.358 e. The van der Waals surface area contributed by atoms with Crippen LogP contribution in [0.3, 0.4) is 0 Å². The smallest absolute Gasteiger partial charge is 0.185 e. The highest BCUT2D eigenvalue weighted by molar-refractivity contribution is 7.80. The van der Waals surface area contributed by atoms with Crippen LogP contribution in [0.15, 0.2) is 24.3 Å². The van der Waals surface area contributed by atoms with Gasteiger partial charge < -0.3 is 5.32 Å². The summed E-state index contributed by atoms with van der Waals surface area (Å²) in [6, 6.07) is 8.04. The fraction of sp³-hybridized carbons (Fsp3) is 0.500. The second-order valence-electron chi connectivity index (χ2n) is 5.07. The van der Waals surface area contributed by atoms with Gasteiger partial charge in [-0.1, -0.05) is 43.5 Å². The first kappa shape index (κ1) is 14.4. The molecular weight excluding hydrogens is 278 g/mol. The SMILES string of the molecule is C[C@H]1CCCC[C@H]1NC(=S)NNc1ccccc1Cl. The summed E-state index contributed by atoms with van der Waals surface area (Å²) in [6.45, 7) is 2.28. The van der Waals surface area contributed by atoms with Crippen LogP contribution in [-0.4, -0.2) is 11.2 Å². The number of benzene rings is 1. The van der Waals surface area contributed by atoms with Crippen molar-refractivity contribution in [3.63, 3.8) is 0 Å². The minimum absolute atomic E-state index is 0.474. The molecule has 1 saturated carbocycles. The number of halogens is 1. The van der Waals surface area contributed by atoms with Gasteiger partial charge in [-0.05, 0) is 43.1 Å². The zero-order valence-corrected chi connectivity index (χ0v) is 12.7. The molecule has 5 heteroatoms. The molecule has 1 aliphatic carbocycles. The van der Waals surface area contributed by atoms with Crippen molar-refractivity contribution in [2.45, 2.75) is 38.6 Å². The third-order valence-electron chi connectivity index (χ3n) is 3.61. The number of rotatable bonds is 3. The highest BCUT2D eigenvalue weighted by atomic mass is 35.5. The molecule has 0 radical (unpaired) electrons. The molecule has 1 aromatic carbocycles. The molecule has 0 bridgehead atoms. The Morgan fingerprint density at radius 3 is 2.74 bits per heavy atom. The van der Waals surface area contributed by atoms with Gasteiger partial charge in [0.05, 0.1) is 10.7 Å². The molecule has 104 valence electrons. The van der Waals surface area contributed by atoms with Gasteiger partial charge in [0, 0.05) is 6.04 Å². The average Bonchev–Trinajstić information content (AvgIpc) is 2.40. The van der Waals surface area contributed by atoms with Gasteiger partial charge in [-0.25, -0.2) is 0 Å². The lowest BCUT2D eigenvalue weighted by molar-refractivity contribution is 0.308. The van der Waals surface area contributed by atoms with Gasteiger partial charge >= 0.3 is 0 Å². The number of hydrazine groups is 1. The molecule has 1 aliphatic rings. The van der Waals surface area contributed by atoms with Crippen LogP contribution in [-0.2, 0) is 0 Å². The number of hydrogen-bond acceptors (Lipinski definition) is 2. The van der Waals surface area contributed by atoms with Crippen molar-refractivity contribution in [1.82, 2.24) is 10.7 Å². The Bertz CT molecular complexity index is 438. The van der Waals surface area contributed by atoms with Gasteiger partial charge in [-0.3, -0.25) is 10.9 Å². The fourth-order valence-electron chi connectivity index (χ4n) is 2.42. The number of nitrogens with one attached hydrogen (secondary N) is 3. The monoisotopic (exact) mass is 297 g/mol. The number of thiocarbonyl (C=S) groups is 1. The molecule has 19 heavy (non-hydrogen) atoms. The quantitative estimate of drug-likeness (QED) is 0.587. The van der Waals surface area contributed by atoms with Crippen molar-refractivity contribution in [1.29, 1.82) is 0 Å². The minimum atomic E-state index is 0.474. The summed E-state index contributed by atoms with van der Waals surface area (Å²) in [5.41, 5.74) is 6.85. The lowest BCUT2D eigenvalue weighted by Gasteiger charge is -2.30. The second-order valence-corrected chi connectivity index (χ2v) is 5.89. The maximum atomic E-state index is 6.06. The van der Waals surface area contributed by atoms with Crippen LogP contribution in [0.5, 0.6) is 0 Å². The normalized spacial score (nSPS) is 22.6. The molecule has 3 nitrogen and oxygen atoms in total. The number of para-hydroxylation sites is 1. The van der Waals surface area contributed by atoms with Crippen LogP contribution in [0.1, 0.15) is 32.6 Å². The third-order valence-corrected chi connectivity index (χ3v) is 4.16. The minimum Gasteiger partial charge on any atom is -0.358 e. The molecule has 0 heterocycles. The highest BCUT2D eigenvalue weighted by Crippen LogP contribution is 2.23. The lowest BCUT2D eigenvalue weighted by atomic mass is 9.86. The highest BCUT2D eigenvalue weighted by Gasteiger charge is 2.21. The van der Waals surface area contributed by atoms with E-state index in [0.717, 1.165) is 5.69 Å². The number of hydrogen-bond donors (Lipinski definition) is 3. The van der Waals surface area contributed by atoms with Gasteiger partial charge in [0.2, 0.25) is 0 Å².